The molecule has 0 amide bonds. The van der Waals surface area contributed by atoms with Gasteiger partial charge in [-0.05, 0) is 32.0 Å². The molecule has 0 radical (unpaired) electrons. The summed E-state index contributed by atoms with van der Waals surface area (Å²) >= 11 is 0. The van der Waals surface area contributed by atoms with Gasteiger partial charge in [-0.3, -0.25) is 5.10 Å². The van der Waals surface area contributed by atoms with Crippen LogP contribution in [0.2, 0.25) is 0 Å². The minimum atomic E-state index is -3.64. The van der Waals surface area contributed by atoms with E-state index >= 15 is 0 Å². The van der Waals surface area contributed by atoms with Crippen LogP contribution in [0.4, 0.5) is 0 Å². The highest BCUT2D eigenvalue weighted by molar-refractivity contribution is 7.89. The van der Waals surface area contributed by atoms with Crippen molar-refractivity contribution in [2.45, 2.75) is 18.7 Å². The largest absolute Gasteiger partial charge is 0.475 e. The van der Waals surface area contributed by atoms with Gasteiger partial charge in [0, 0.05) is 12.6 Å². The Bertz CT molecular complexity index is 913. The minimum Gasteiger partial charge on any atom is -0.475 e. The molecule has 2 N–H and O–H groups in total. The Kier molecular flexibility index (Phi) is 4.81. The number of H-pyrrole nitrogens is 1. The summed E-state index contributed by atoms with van der Waals surface area (Å²) in [6.45, 7) is 3.49. The van der Waals surface area contributed by atoms with E-state index in [1.807, 2.05) is 0 Å². The molecule has 132 valence electrons. The third-order valence-electron chi connectivity index (χ3n) is 3.39. The topological polar surface area (TPSA) is 123 Å². The van der Waals surface area contributed by atoms with Crippen molar-refractivity contribution in [1.29, 1.82) is 0 Å². The lowest BCUT2D eigenvalue weighted by atomic mass is 10.3. The van der Waals surface area contributed by atoms with Gasteiger partial charge in [0.15, 0.2) is 5.76 Å². The molecule has 3 aromatic heterocycles. The number of nitrogens with zero attached hydrogens (tertiary/aromatic N) is 3. The first-order valence-electron chi connectivity index (χ1n) is 7.49. The van der Waals surface area contributed by atoms with E-state index < -0.39 is 10.0 Å². The predicted octanol–water partition coefficient (Wildman–Crippen LogP) is 1.43. The monoisotopic (exact) mass is 363 g/mol. The van der Waals surface area contributed by atoms with E-state index in [2.05, 4.69) is 25.1 Å². The molecule has 0 aliphatic carbocycles. The molecule has 0 unspecified atom stereocenters. The minimum absolute atomic E-state index is 0.0913. The van der Waals surface area contributed by atoms with Crippen LogP contribution in [0.25, 0.3) is 11.5 Å². The molecular weight excluding hydrogens is 346 g/mol. The van der Waals surface area contributed by atoms with Crippen molar-refractivity contribution >= 4 is 10.0 Å². The van der Waals surface area contributed by atoms with Crippen LogP contribution >= 0.6 is 0 Å². The zero-order chi connectivity index (χ0) is 17.9. The molecule has 0 saturated carbocycles. The fourth-order valence-electron chi connectivity index (χ4n) is 2.29. The highest BCUT2D eigenvalue weighted by Gasteiger charge is 2.21. The Morgan fingerprint density at radius 2 is 2.08 bits per heavy atom. The molecule has 0 aliphatic heterocycles. The maximum atomic E-state index is 12.3. The maximum Gasteiger partial charge on any atom is 0.244 e. The number of aromatic nitrogens is 4. The molecule has 0 spiro atoms. The van der Waals surface area contributed by atoms with Crippen LogP contribution in [0.5, 0.6) is 5.88 Å². The molecule has 3 heterocycles. The molecule has 0 fully saturated rings. The molecule has 0 saturated heterocycles. The molecule has 9 nitrogen and oxygen atoms in total. The van der Waals surface area contributed by atoms with Crippen LogP contribution in [0.1, 0.15) is 11.4 Å². The summed E-state index contributed by atoms with van der Waals surface area (Å²) in [5.41, 5.74) is 1.50. The van der Waals surface area contributed by atoms with E-state index in [4.69, 9.17) is 9.15 Å². The van der Waals surface area contributed by atoms with Crippen LogP contribution in [0.15, 0.2) is 39.8 Å². The molecule has 0 atom stereocenters. The zero-order valence-corrected chi connectivity index (χ0v) is 14.5. The molecule has 10 heteroatoms. The van der Waals surface area contributed by atoms with Gasteiger partial charge in [-0.25, -0.2) is 13.1 Å². The van der Waals surface area contributed by atoms with Crippen LogP contribution < -0.4 is 9.46 Å². The Hall–Kier alpha value is -2.72. The maximum absolute atomic E-state index is 12.3. The van der Waals surface area contributed by atoms with Crippen molar-refractivity contribution in [3.8, 4) is 17.3 Å². The van der Waals surface area contributed by atoms with Gasteiger partial charge < -0.3 is 9.15 Å². The summed E-state index contributed by atoms with van der Waals surface area (Å²) in [5.74, 6) is 0.905. The first-order valence-corrected chi connectivity index (χ1v) is 8.97. The predicted molar refractivity (Wildman–Crippen MR) is 88.5 cm³/mol. The fraction of sp³-hybridized carbons (Fsp3) is 0.267. The van der Waals surface area contributed by atoms with Crippen molar-refractivity contribution in [1.82, 2.24) is 25.1 Å². The standard InChI is InChI=1S/C15H17N5O4S/c1-10-15(11(2)18-17-10)25(21,22)16-7-9-24-14-6-5-12(19-20-14)13-4-3-8-23-13/h3-6,8,16H,7,9H2,1-2H3,(H,17,18). The molecular formula is C15H17N5O4S. The van der Waals surface area contributed by atoms with Crippen molar-refractivity contribution < 1.29 is 17.6 Å². The van der Waals surface area contributed by atoms with Crippen LogP contribution in [-0.2, 0) is 10.0 Å². The lowest BCUT2D eigenvalue weighted by molar-refractivity contribution is 0.307. The van der Waals surface area contributed by atoms with Crippen LogP contribution in [-0.4, -0.2) is 42.0 Å². The molecule has 0 aromatic carbocycles. The van der Waals surface area contributed by atoms with Crippen molar-refractivity contribution in [2.75, 3.05) is 13.2 Å². The second kappa shape index (κ2) is 7.03. The number of hydrogen-bond acceptors (Lipinski definition) is 7. The van der Waals surface area contributed by atoms with Gasteiger partial charge in [0.25, 0.3) is 0 Å². The molecule has 25 heavy (non-hydrogen) atoms. The third kappa shape index (κ3) is 3.86. The highest BCUT2D eigenvalue weighted by atomic mass is 32.2. The summed E-state index contributed by atoms with van der Waals surface area (Å²) < 4.78 is 37.6. The Labute approximate surface area is 144 Å². The molecule has 0 bridgehead atoms. The number of hydrogen-bond donors (Lipinski definition) is 2. The van der Waals surface area contributed by atoms with E-state index in [0.29, 0.717) is 28.7 Å². The third-order valence-corrected chi connectivity index (χ3v) is 5.11. The second-order valence-electron chi connectivity index (χ2n) is 5.24. The first kappa shape index (κ1) is 17.1. The number of nitrogens with one attached hydrogen (secondary N) is 2. The van der Waals surface area contributed by atoms with Gasteiger partial charge in [-0.2, -0.15) is 5.10 Å². The van der Waals surface area contributed by atoms with Crippen molar-refractivity contribution in [3.63, 3.8) is 0 Å². The van der Waals surface area contributed by atoms with Crippen LogP contribution in [0.3, 0.4) is 0 Å². The number of rotatable bonds is 7. The highest BCUT2D eigenvalue weighted by Crippen LogP contribution is 2.18. The van der Waals surface area contributed by atoms with E-state index in [9.17, 15) is 8.42 Å². The van der Waals surface area contributed by atoms with Crippen molar-refractivity contribution in [2.24, 2.45) is 0 Å². The number of furan rings is 1. The SMILES string of the molecule is Cc1n[nH]c(C)c1S(=O)(=O)NCCOc1ccc(-c2ccco2)nn1. The smallest absolute Gasteiger partial charge is 0.244 e. The quantitative estimate of drug-likeness (QED) is 0.609. The average Bonchev–Trinajstić information content (AvgIpc) is 3.22. The van der Waals surface area contributed by atoms with E-state index in [1.165, 1.54) is 0 Å². The van der Waals surface area contributed by atoms with E-state index in [1.54, 1.807) is 44.4 Å². The summed E-state index contributed by atoms with van der Waals surface area (Å²) in [6.07, 6.45) is 1.55. The van der Waals surface area contributed by atoms with Gasteiger partial charge in [-0.1, -0.05) is 0 Å². The number of aryl methyl sites for hydroxylation is 2. The first-order chi connectivity index (χ1) is 12.0. The molecule has 3 rings (SSSR count). The van der Waals surface area contributed by atoms with Crippen LogP contribution in [0, 0.1) is 13.8 Å². The number of ether oxygens (including phenoxy) is 1. The van der Waals surface area contributed by atoms with E-state index in [-0.39, 0.29) is 18.0 Å². The Morgan fingerprint density at radius 1 is 1.24 bits per heavy atom. The van der Waals surface area contributed by atoms with Gasteiger partial charge in [0.05, 0.1) is 17.7 Å². The molecule has 0 aliphatic rings. The normalized spacial score (nSPS) is 11.6. The zero-order valence-electron chi connectivity index (χ0n) is 13.7. The lowest BCUT2D eigenvalue weighted by Crippen LogP contribution is -2.29. The number of aromatic amines is 1. The average molecular weight is 363 g/mol. The summed E-state index contributed by atoms with van der Waals surface area (Å²) in [4.78, 5) is 0.162. The second-order valence-corrected chi connectivity index (χ2v) is 6.95. The summed E-state index contributed by atoms with van der Waals surface area (Å²) in [7, 11) is -3.64. The van der Waals surface area contributed by atoms with Gasteiger partial charge in [-0.15, -0.1) is 10.2 Å². The number of sulfonamides is 1. The Balaban J connectivity index is 1.53. The van der Waals surface area contributed by atoms with Gasteiger partial charge >= 0.3 is 0 Å². The summed E-state index contributed by atoms with van der Waals surface area (Å²) in [5, 5.41) is 14.5. The molecule has 3 aromatic rings. The van der Waals surface area contributed by atoms with E-state index in [0.717, 1.165) is 0 Å². The van der Waals surface area contributed by atoms with Gasteiger partial charge in [0.2, 0.25) is 15.9 Å². The van der Waals surface area contributed by atoms with Gasteiger partial charge in [0.1, 0.15) is 17.2 Å². The summed E-state index contributed by atoms with van der Waals surface area (Å²) in [6, 6.07) is 6.89. The van der Waals surface area contributed by atoms with Crippen molar-refractivity contribution in [3.05, 3.63) is 41.9 Å². The lowest BCUT2D eigenvalue weighted by Gasteiger charge is -2.08. The Morgan fingerprint density at radius 3 is 2.68 bits per heavy atom. The fourth-order valence-corrected chi connectivity index (χ4v) is 3.67.